The van der Waals surface area contributed by atoms with E-state index >= 15 is 0 Å². The first-order valence-electron chi connectivity index (χ1n) is 11.6. The van der Waals surface area contributed by atoms with Crippen molar-refractivity contribution >= 4 is 81.1 Å². The maximum atomic E-state index is 13.1. The molecule has 214 valence electrons. The van der Waals surface area contributed by atoms with E-state index in [0.717, 1.165) is 11.3 Å². The van der Waals surface area contributed by atoms with Gasteiger partial charge in [0.15, 0.2) is 10.8 Å². The van der Waals surface area contributed by atoms with Gasteiger partial charge >= 0.3 is 5.97 Å². The summed E-state index contributed by atoms with van der Waals surface area (Å²) >= 11 is 5.20. The van der Waals surface area contributed by atoms with Crippen LogP contribution in [0.2, 0.25) is 0 Å². The molecule has 4 heterocycles. The van der Waals surface area contributed by atoms with E-state index in [-0.39, 0.29) is 40.4 Å². The SMILES string of the molecule is CCON=C(C(=O)N[C@@H]1C(=O)N2C(C(=O)O)=C(CSc3nnnn3CCSCC(=N)N)CS[C@@H]12)c1csc(N)n1. The van der Waals surface area contributed by atoms with Crippen LogP contribution in [0.15, 0.2) is 27.0 Å². The number of amidine groups is 1. The maximum absolute atomic E-state index is 13.1. The molecular weight excluding hydrogens is 603 g/mol. The van der Waals surface area contributed by atoms with E-state index < -0.39 is 29.2 Å². The van der Waals surface area contributed by atoms with Crippen molar-refractivity contribution in [3.63, 3.8) is 0 Å². The first-order chi connectivity index (χ1) is 19.2. The van der Waals surface area contributed by atoms with Crippen LogP contribution < -0.4 is 16.8 Å². The number of hydrogen-bond acceptors (Lipinski definition) is 15. The van der Waals surface area contributed by atoms with Crippen LogP contribution in [0.25, 0.3) is 0 Å². The largest absolute Gasteiger partial charge is 0.477 e. The summed E-state index contributed by atoms with van der Waals surface area (Å²) in [5, 5.41) is 37.1. The molecule has 2 aliphatic heterocycles. The van der Waals surface area contributed by atoms with Crippen molar-refractivity contribution in [1.82, 2.24) is 35.4 Å². The molecular formula is C20H25N11O5S4. The summed E-state index contributed by atoms with van der Waals surface area (Å²) in [4.78, 5) is 48.6. The van der Waals surface area contributed by atoms with Crippen LogP contribution in [0.3, 0.4) is 0 Å². The number of fused-ring (bicyclic) bond motifs is 1. The molecule has 2 aromatic heterocycles. The number of aryl methyl sites for hydroxylation is 1. The molecule has 2 amide bonds. The number of carbonyl (C=O) groups excluding carboxylic acids is 2. The molecule has 0 spiro atoms. The van der Waals surface area contributed by atoms with Crippen molar-refractivity contribution in [1.29, 1.82) is 5.41 Å². The van der Waals surface area contributed by atoms with Gasteiger partial charge in [0.2, 0.25) is 5.16 Å². The number of hydrogen-bond donors (Lipinski definition) is 5. The molecule has 7 N–H and O–H groups in total. The van der Waals surface area contributed by atoms with Gasteiger partial charge in [-0.3, -0.25) is 19.9 Å². The van der Waals surface area contributed by atoms with Gasteiger partial charge in [-0.15, -0.1) is 28.2 Å². The second-order valence-corrected chi connectivity index (χ2v) is 12.1. The Bertz CT molecular complexity index is 1360. The van der Waals surface area contributed by atoms with Crippen LogP contribution in [0, 0.1) is 5.41 Å². The first kappa shape index (κ1) is 29.6. The molecule has 0 unspecified atom stereocenters. The number of carboxylic acids is 1. The summed E-state index contributed by atoms with van der Waals surface area (Å²) in [7, 11) is 0. The van der Waals surface area contributed by atoms with E-state index in [1.165, 1.54) is 40.2 Å². The summed E-state index contributed by atoms with van der Waals surface area (Å²) in [5.41, 5.74) is 11.5. The molecule has 20 heteroatoms. The summed E-state index contributed by atoms with van der Waals surface area (Å²) in [6.07, 6.45) is 0. The lowest BCUT2D eigenvalue weighted by molar-refractivity contribution is -0.150. The zero-order chi connectivity index (χ0) is 28.8. The lowest BCUT2D eigenvalue weighted by Gasteiger charge is -2.49. The molecule has 1 saturated heterocycles. The van der Waals surface area contributed by atoms with Gasteiger partial charge in [0.25, 0.3) is 11.8 Å². The molecule has 0 radical (unpaired) electrons. The quantitative estimate of drug-likeness (QED) is 0.0449. The highest BCUT2D eigenvalue weighted by atomic mass is 32.2. The standard InChI is InChI=1S/C20H25N11O5S4/c1-2-36-27-12(10-7-39-19(23)24-10)15(32)25-13-16(33)31-14(18(34)35)9(5-38-17(13)31)6-40-20-26-28-29-30(20)3-4-37-8-11(21)22/h7,13,17H,2-6,8H2,1H3,(H3,21,22)(H2,23,24)(H,25,32)(H,34,35)/t13-,17+/m1/s1. The fraction of sp³-hybridized carbons (Fsp3) is 0.450. The number of carboxylic acid groups (broad SMARTS) is 1. The zero-order valence-electron chi connectivity index (χ0n) is 21.0. The van der Waals surface area contributed by atoms with Gasteiger partial charge in [0.1, 0.15) is 35.2 Å². The van der Waals surface area contributed by atoms with Crippen molar-refractivity contribution in [3.05, 3.63) is 22.3 Å². The zero-order valence-corrected chi connectivity index (χ0v) is 24.2. The number of anilines is 1. The Labute approximate surface area is 244 Å². The van der Waals surface area contributed by atoms with Gasteiger partial charge < -0.3 is 26.7 Å². The van der Waals surface area contributed by atoms with Gasteiger partial charge in [0, 0.05) is 22.6 Å². The normalized spacial score (nSPS) is 18.8. The predicted molar refractivity (Wildman–Crippen MR) is 152 cm³/mol. The lowest BCUT2D eigenvalue weighted by atomic mass is 10.0. The third-order valence-electron chi connectivity index (χ3n) is 5.38. The van der Waals surface area contributed by atoms with E-state index in [2.05, 4.69) is 31.0 Å². The summed E-state index contributed by atoms with van der Waals surface area (Å²) in [5.74, 6) is -0.767. The van der Waals surface area contributed by atoms with E-state index in [1.807, 2.05) is 0 Å². The van der Waals surface area contributed by atoms with Gasteiger partial charge in [-0.25, -0.2) is 14.5 Å². The van der Waals surface area contributed by atoms with E-state index in [4.69, 9.17) is 21.7 Å². The number of aliphatic carboxylic acids is 1. The van der Waals surface area contributed by atoms with Crippen molar-refractivity contribution < 1.29 is 24.3 Å². The third-order valence-corrected chi connectivity index (χ3v) is 9.42. The molecule has 2 aliphatic rings. The average Bonchev–Trinajstić information content (AvgIpc) is 3.56. The Morgan fingerprint density at radius 1 is 1.43 bits per heavy atom. The van der Waals surface area contributed by atoms with Crippen molar-refractivity contribution in [2.24, 2.45) is 10.9 Å². The Balaban J connectivity index is 1.42. The van der Waals surface area contributed by atoms with Crippen LogP contribution in [0.1, 0.15) is 12.6 Å². The fourth-order valence-corrected chi connectivity index (χ4v) is 7.26. The molecule has 40 heavy (non-hydrogen) atoms. The van der Waals surface area contributed by atoms with Gasteiger partial charge in [-0.2, -0.15) is 11.8 Å². The smallest absolute Gasteiger partial charge is 0.352 e. The number of carbonyl (C=O) groups is 3. The number of aromatic nitrogens is 5. The number of thiazole rings is 1. The van der Waals surface area contributed by atoms with Gasteiger partial charge in [-0.05, 0) is 22.9 Å². The summed E-state index contributed by atoms with van der Waals surface area (Å²) < 4.78 is 1.59. The Morgan fingerprint density at radius 2 is 2.23 bits per heavy atom. The number of nitrogens with one attached hydrogen (secondary N) is 2. The number of rotatable bonds is 14. The van der Waals surface area contributed by atoms with E-state index in [9.17, 15) is 19.5 Å². The predicted octanol–water partition coefficient (Wildman–Crippen LogP) is -0.348. The van der Waals surface area contributed by atoms with Crippen molar-refractivity contribution in [2.75, 3.05) is 35.4 Å². The molecule has 4 rings (SSSR count). The highest BCUT2D eigenvalue weighted by Crippen LogP contribution is 2.41. The topological polar surface area (TPSA) is 241 Å². The first-order valence-corrected chi connectivity index (χ1v) is 15.7. The third kappa shape index (κ3) is 6.67. The van der Waals surface area contributed by atoms with Crippen LogP contribution in [-0.4, -0.2) is 106 Å². The number of amides is 2. The number of oxime groups is 1. The van der Waals surface area contributed by atoms with Crippen LogP contribution in [0.4, 0.5) is 5.13 Å². The molecule has 0 bridgehead atoms. The number of nitrogens with zero attached hydrogens (tertiary/aromatic N) is 7. The molecule has 16 nitrogen and oxygen atoms in total. The number of thioether (sulfide) groups is 3. The Hall–Kier alpha value is -3.36. The highest BCUT2D eigenvalue weighted by Gasteiger charge is 2.54. The monoisotopic (exact) mass is 627 g/mol. The minimum Gasteiger partial charge on any atom is -0.477 e. The van der Waals surface area contributed by atoms with Crippen molar-refractivity contribution in [3.8, 4) is 0 Å². The maximum Gasteiger partial charge on any atom is 0.352 e. The molecule has 0 aliphatic carbocycles. The van der Waals surface area contributed by atoms with Gasteiger partial charge in [-0.1, -0.05) is 16.9 Å². The van der Waals surface area contributed by atoms with E-state index in [0.29, 0.717) is 34.5 Å². The van der Waals surface area contributed by atoms with E-state index in [1.54, 1.807) is 17.0 Å². The minimum atomic E-state index is -1.24. The fourth-order valence-electron chi connectivity index (χ4n) is 3.66. The second-order valence-electron chi connectivity index (χ2n) is 8.10. The molecule has 2 atom stereocenters. The number of nitrogen functional groups attached to an aromatic ring is 1. The minimum absolute atomic E-state index is 0.0867. The molecule has 0 saturated carbocycles. The number of nitrogens with two attached hydrogens (primary N) is 2. The van der Waals surface area contributed by atoms with Gasteiger partial charge in [0.05, 0.1) is 12.3 Å². The summed E-state index contributed by atoms with van der Waals surface area (Å²) in [6, 6.07) is -0.955. The molecule has 1 fully saturated rings. The van der Waals surface area contributed by atoms with Crippen LogP contribution in [-0.2, 0) is 25.8 Å². The summed E-state index contributed by atoms with van der Waals surface area (Å²) in [6.45, 7) is 2.40. The number of β-lactam (4-membered cyclic amide) rings is 1. The second kappa shape index (κ2) is 13.3. The van der Waals surface area contributed by atoms with Crippen LogP contribution >= 0.6 is 46.6 Å². The highest BCUT2D eigenvalue weighted by molar-refractivity contribution is 8.01. The van der Waals surface area contributed by atoms with Crippen molar-refractivity contribution in [2.45, 2.75) is 30.0 Å². The average molecular weight is 628 g/mol. The lowest BCUT2D eigenvalue weighted by Crippen LogP contribution is -2.71. The van der Waals surface area contributed by atoms with Crippen LogP contribution in [0.5, 0.6) is 0 Å². The molecule has 0 aromatic carbocycles. The Kier molecular flexibility index (Phi) is 9.87. The number of tetrazole rings is 1. The molecule has 2 aromatic rings. The Morgan fingerprint density at radius 3 is 2.90 bits per heavy atom.